The van der Waals surface area contributed by atoms with Gasteiger partial charge in [0.25, 0.3) is 0 Å². The molecule has 0 aliphatic rings. The van der Waals surface area contributed by atoms with Crippen molar-refractivity contribution in [2.45, 2.75) is 60.3 Å². The molecule has 1 atom stereocenters. The molecule has 0 aromatic carbocycles. The number of allylic oxidation sites excluding steroid dienone is 3. The molecule has 16 heavy (non-hydrogen) atoms. The van der Waals surface area contributed by atoms with Crippen LogP contribution in [0, 0.1) is 5.92 Å². The summed E-state index contributed by atoms with van der Waals surface area (Å²) in [6.07, 6.45) is 9.28. The Morgan fingerprint density at radius 1 is 1.25 bits per heavy atom. The van der Waals surface area contributed by atoms with Gasteiger partial charge >= 0.3 is 0 Å². The molecule has 0 amide bonds. The van der Waals surface area contributed by atoms with E-state index in [9.17, 15) is 0 Å². The van der Waals surface area contributed by atoms with E-state index in [0.29, 0.717) is 0 Å². The molecular formula is C16H32. The van der Waals surface area contributed by atoms with Crippen LogP contribution in [0.25, 0.3) is 0 Å². The molecule has 0 rings (SSSR count). The standard InChI is InChI=1S/C12H22.C2H6.C2H4/c1-5-11(4)9-8-10-12(6-2)7-3;2*1-2/h6-7,11H,2,5,8-10H2,1,3-4H3;1-2H3;1-2H2/b12-7+;;. The highest BCUT2D eigenvalue weighted by molar-refractivity contribution is 5.14. The number of hydrogen-bond donors (Lipinski definition) is 0. The Morgan fingerprint density at radius 2 is 1.75 bits per heavy atom. The van der Waals surface area contributed by atoms with E-state index in [-0.39, 0.29) is 0 Å². The van der Waals surface area contributed by atoms with Gasteiger partial charge in [-0.05, 0) is 25.7 Å². The zero-order valence-electron chi connectivity index (χ0n) is 12.2. The molecule has 0 aliphatic carbocycles. The van der Waals surface area contributed by atoms with Crippen molar-refractivity contribution in [3.05, 3.63) is 37.5 Å². The first kappa shape index (κ1) is 20.6. The zero-order valence-corrected chi connectivity index (χ0v) is 12.2. The quantitative estimate of drug-likeness (QED) is 0.374. The Kier molecular flexibility index (Phi) is 25.4. The van der Waals surface area contributed by atoms with Gasteiger partial charge in [-0.15, -0.1) is 13.2 Å². The molecule has 0 aromatic rings. The summed E-state index contributed by atoms with van der Waals surface area (Å²) in [6, 6.07) is 0. The maximum atomic E-state index is 3.78. The van der Waals surface area contributed by atoms with Gasteiger partial charge in [-0.25, -0.2) is 0 Å². The lowest BCUT2D eigenvalue weighted by atomic mass is 9.99. The third-order valence-electron chi connectivity index (χ3n) is 2.49. The van der Waals surface area contributed by atoms with Gasteiger partial charge in [0.15, 0.2) is 0 Å². The molecule has 0 saturated carbocycles. The molecule has 96 valence electrons. The molecule has 1 unspecified atom stereocenters. The molecule has 0 aliphatic heterocycles. The lowest BCUT2D eigenvalue weighted by Gasteiger charge is -2.07. The monoisotopic (exact) mass is 224 g/mol. The van der Waals surface area contributed by atoms with Crippen LogP contribution in [0.1, 0.15) is 60.3 Å². The summed E-state index contributed by atoms with van der Waals surface area (Å²) in [6.45, 7) is 20.4. The van der Waals surface area contributed by atoms with Crippen molar-refractivity contribution in [2.75, 3.05) is 0 Å². The van der Waals surface area contributed by atoms with E-state index in [2.05, 4.69) is 46.6 Å². The number of rotatable bonds is 6. The first-order valence-corrected chi connectivity index (χ1v) is 6.52. The normalized spacial score (nSPS) is 11.4. The van der Waals surface area contributed by atoms with Gasteiger partial charge < -0.3 is 0 Å². The summed E-state index contributed by atoms with van der Waals surface area (Å²) in [4.78, 5) is 0. The van der Waals surface area contributed by atoms with Crippen LogP contribution in [-0.2, 0) is 0 Å². The third kappa shape index (κ3) is 15.7. The topological polar surface area (TPSA) is 0 Å². The fourth-order valence-electron chi connectivity index (χ4n) is 1.22. The minimum atomic E-state index is 0.882. The van der Waals surface area contributed by atoms with Crippen LogP contribution in [-0.4, -0.2) is 0 Å². The molecule has 0 heterocycles. The maximum Gasteiger partial charge on any atom is -0.0282 e. The van der Waals surface area contributed by atoms with E-state index in [4.69, 9.17) is 0 Å². The summed E-state index contributed by atoms with van der Waals surface area (Å²) >= 11 is 0. The third-order valence-corrected chi connectivity index (χ3v) is 2.49. The van der Waals surface area contributed by atoms with Crippen molar-refractivity contribution in [1.29, 1.82) is 0 Å². The smallest absolute Gasteiger partial charge is 0.0282 e. The minimum absolute atomic E-state index is 0.882. The van der Waals surface area contributed by atoms with Crippen LogP contribution in [0.4, 0.5) is 0 Å². The average Bonchev–Trinajstić information content (AvgIpc) is 2.39. The highest BCUT2D eigenvalue weighted by Crippen LogP contribution is 2.14. The van der Waals surface area contributed by atoms with Gasteiger partial charge in [-0.3, -0.25) is 0 Å². The largest absolute Gasteiger partial charge is 0.106 e. The van der Waals surface area contributed by atoms with Gasteiger partial charge in [0.2, 0.25) is 0 Å². The Bertz CT molecular complexity index is 153. The SMILES string of the molecule is C=C.C=C/C(=C\C)CCCC(C)CC.CC. The van der Waals surface area contributed by atoms with Crippen LogP contribution in [0.2, 0.25) is 0 Å². The molecule has 0 fully saturated rings. The average molecular weight is 224 g/mol. The fraction of sp³-hybridized carbons (Fsp3) is 0.625. The van der Waals surface area contributed by atoms with Crippen LogP contribution in [0.3, 0.4) is 0 Å². The van der Waals surface area contributed by atoms with Gasteiger partial charge in [-0.2, -0.15) is 0 Å². The summed E-state index contributed by atoms with van der Waals surface area (Å²) in [7, 11) is 0. The molecule has 0 spiro atoms. The summed E-state index contributed by atoms with van der Waals surface area (Å²) in [5.41, 5.74) is 1.39. The lowest BCUT2D eigenvalue weighted by molar-refractivity contribution is 0.496. The second kappa shape index (κ2) is 19.7. The maximum absolute atomic E-state index is 3.78. The van der Waals surface area contributed by atoms with E-state index in [1.54, 1.807) is 0 Å². The van der Waals surface area contributed by atoms with Crippen molar-refractivity contribution in [1.82, 2.24) is 0 Å². The lowest BCUT2D eigenvalue weighted by Crippen LogP contribution is -1.91. The fourth-order valence-corrected chi connectivity index (χ4v) is 1.22. The van der Waals surface area contributed by atoms with E-state index in [0.717, 1.165) is 5.92 Å². The minimum Gasteiger partial charge on any atom is -0.106 e. The summed E-state index contributed by atoms with van der Waals surface area (Å²) in [5.74, 6) is 0.882. The highest BCUT2D eigenvalue weighted by atomic mass is 14.0. The summed E-state index contributed by atoms with van der Waals surface area (Å²) in [5, 5.41) is 0. The van der Waals surface area contributed by atoms with Gasteiger partial charge in [0, 0.05) is 0 Å². The van der Waals surface area contributed by atoms with E-state index < -0.39 is 0 Å². The van der Waals surface area contributed by atoms with Crippen LogP contribution in [0.15, 0.2) is 37.5 Å². The van der Waals surface area contributed by atoms with Crippen LogP contribution in [0.5, 0.6) is 0 Å². The molecule has 0 radical (unpaired) electrons. The second-order valence-electron chi connectivity index (χ2n) is 3.47. The van der Waals surface area contributed by atoms with Gasteiger partial charge in [-0.1, -0.05) is 64.8 Å². The van der Waals surface area contributed by atoms with Gasteiger partial charge in [0.1, 0.15) is 0 Å². The predicted molar refractivity (Wildman–Crippen MR) is 79.9 cm³/mol. The Morgan fingerprint density at radius 3 is 2.06 bits per heavy atom. The van der Waals surface area contributed by atoms with Crippen molar-refractivity contribution in [2.24, 2.45) is 5.92 Å². The second-order valence-corrected chi connectivity index (χ2v) is 3.47. The highest BCUT2D eigenvalue weighted by Gasteiger charge is 1.98. The molecule has 0 N–H and O–H groups in total. The summed E-state index contributed by atoms with van der Waals surface area (Å²) < 4.78 is 0. The van der Waals surface area contributed by atoms with E-state index >= 15 is 0 Å². The Balaban J connectivity index is -0.000000376. The molecule has 0 saturated heterocycles. The zero-order chi connectivity index (χ0) is 13.4. The predicted octanol–water partition coefficient (Wildman–Crippen LogP) is 6.16. The van der Waals surface area contributed by atoms with Crippen molar-refractivity contribution in [3.8, 4) is 0 Å². The van der Waals surface area contributed by atoms with Crippen LogP contribution < -0.4 is 0 Å². The van der Waals surface area contributed by atoms with Crippen molar-refractivity contribution >= 4 is 0 Å². The Labute approximate surface area is 104 Å². The molecule has 0 aromatic heterocycles. The first-order valence-electron chi connectivity index (χ1n) is 6.52. The van der Waals surface area contributed by atoms with Crippen molar-refractivity contribution in [3.63, 3.8) is 0 Å². The Hall–Kier alpha value is -0.780. The number of hydrogen-bond acceptors (Lipinski definition) is 0. The molecule has 0 nitrogen and oxygen atoms in total. The molecular weight excluding hydrogens is 192 g/mol. The van der Waals surface area contributed by atoms with Gasteiger partial charge in [0.05, 0.1) is 0 Å². The van der Waals surface area contributed by atoms with Crippen LogP contribution >= 0.6 is 0 Å². The van der Waals surface area contributed by atoms with E-state index in [1.807, 2.05) is 19.9 Å². The molecule has 0 heteroatoms. The van der Waals surface area contributed by atoms with Crippen molar-refractivity contribution < 1.29 is 0 Å². The molecule has 0 bridgehead atoms. The first-order chi connectivity index (χ1) is 7.74. The van der Waals surface area contributed by atoms with E-state index in [1.165, 1.54) is 31.3 Å².